The molecule has 4 heteroatoms. The summed E-state index contributed by atoms with van der Waals surface area (Å²) in [4.78, 5) is 12.2. The molecule has 0 spiro atoms. The number of nitrogen functional groups attached to an aromatic ring is 1. The number of hydrogen-bond acceptors (Lipinski definition) is 3. The number of nitrogens with one attached hydrogen (secondary N) is 1. The molecular weight excluding hydrogens is 288 g/mol. The number of carbonyl (C=O) groups is 1. The molecule has 0 saturated heterocycles. The number of para-hydroxylation sites is 1. The summed E-state index contributed by atoms with van der Waals surface area (Å²) in [7, 11) is 1.64. The Labute approximate surface area is 137 Å². The lowest BCUT2D eigenvalue weighted by atomic mass is 10.0. The van der Waals surface area contributed by atoms with E-state index >= 15 is 0 Å². The Morgan fingerprint density at radius 2 is 2.00 bits per heavy atom. The molecule has 1 amide bonds. The van der Waals surface area contributed by atoms with Gasteiger partial charge in [-0.2, -0.15) is 0 Å². The molecule has 4 nitrogen and oxygen atoms in total. The number of benzene rings is 2. The first-order valence-corrected chi connectivity index (χ1v) is 7.78. The summed E-state index contributed by atoms with van der Waals surface area (Å²) >= 11 is 0. The second-order valence-electron chi connectivity index (χ2n) is 5.73. The van der Waals surface area contributed by atoms with Gasteiger partial charge in [0.2, 0.25) is 5.91 Å². The monoisotopic (exact) mass is 312 g/mol. The summed E-state index contributed by atoms with van der Waals surface area (Å²) in [5, 5.41) is 3.03. The van der Waals surface area contributed by atoms with Crippen molar-refractivity contribution in [2.75, 3.05) is 12.8 Å². The Bertz CT molecular complexity index is 683. The van der Waals surface area contributed by atoms with E-state index in [1.807, 2.05) is 56.3 Å². The lowest BCUT2D eigenvalue weighted by molar-refractivity contribution is -0.121. The average molecular weight is 312 g/mol. The van der Waals surface area contributed by atoms with Crippen LogP contribution in [0.5, 0.6) is 5.75 Å². The number of hydrogen-bond donors (Lipinski definition) is 2. The van der Waals surface area contributed by atoms with E-state index < -0.39 is 0 Å². The van der Waals surface area contributed by atoms with Gasteiger partial charge in [0.1, 0.15) is 5.75 Å². The van der Waals surface area contributed by atoms with Gasteiger partial charge in [-0.15, -0.1) is 0 Å². The van der Waals surface area contributed by atoms with Gasteiger partial charge >= 0.3 is 0 Å². The van der Waals surface area contributed by atoms with E-state index in [0.717, 1.165) is 28.1 Å². The first-order valence-electron chi connectivity index (χ1n) is 7.78. The van der Waals surface area contributed by atoms with Crippen LogP contribution < -0.4 is 15.8 Å². The highest BCUT2D eigenvalue weighted by Gasteiger charge is 2.14. The summed E-state index contributed by atoms with van der Waals surface area (Å²) in [5.41, 5.74) is 9.76. The molecule has 0 aliphatic rings. The molecule has 3 N–H and O–H groups in total. The van der Waals surface area contributed by atoms with E-state index in [-0.39, 0.29) is 11.9 Å². The summed E-state index contributed by atoms with van der Waals surface area (Å²) in [6, 6.07) is 13.5. The number of nitrogens with two attached hydrogens (primary N) is 1. The molecule has 1 unspecified atom stereocenters. The minimum absolute atomic E-state index is 0.00399. The fourth-order valence-corrected chi connectivity index (χ4v) is 2.59. The van der Waals surface area contributed by atoms with Gasteiger partial charge in [-0.1, -0.05) is 35.9 Å². The molecule has 0 aromatic heterocycles. The van der Waals surface area contributed by atoms with Crippen LogP contribution in [0.1, 0.15) is 36.1 Å². The first-order chi connectivity index (χ1) is 11.0. The molecule has 2 aromatic carbocycles. The van der Waals surface area contributed by atoms with Crippen LogP contribution in [0.2, 0.25) is 0 Å². The van der Waals surface area contributed by atoms with Crippen LogP contribution in [0.4, 0.5) is 5.69 Å². The zero-order valence-corrected chi connectivity index (χ0v) is 13.9. The number of anilines is 1. The van der Waals surface area contributed by atoms with Crippen molar-refractivity contribution in [3.05, 3.63) is 59.2 Å². The molecule has 0 heterocycles. The molecule has 1 atom stereocenters. The van der Waals surface area contributed by atoms with E-state index in [1.165, 1.54) is 0 Å². The fraction of sp³-hybridized carbons (Fsp3) is 0.316. The Morgan fingerprint density at radius 3 is 2.70 bits per heavy atom. The molecule has 0 saturated carbocycles. The molecule has 0 aliphatic heterocycles. The molecule has 2 aromatic rings. The minimum atomic E-state index is -0.106. The molecule has 23 heavy (non-hydrogen) atoms. The van der Waals surface area contributed by atoms with Gasteiger partial charge in [0.25, 0.3) is 0 Å². The topological polar surface area (TPSA) is 64.3 Å². The van der Waals surface area contributed by atoms with Crippen molar-refractivity contribution in [1.29, 1.82) is 0 Å². The van der Waals surface area contributed by atoms with Gasteiger partial charge in [-0.3, -0.25) is 4.79 Å². The highest BCUT2D eigenvalue weighted by atomic mass is 16.5. The Balaban J connectivity index is 1.97. The third-order valence-corrected chi connectivity index (χ3v) is 3.91. The first kappa shape index (κ1) is 16.9. The molecule has 0 aliphatic carbocycles. The summed E-state index contributed by atoms with van der Waals surface area (Å²) in [5.74, 6) is 0.792. The number of amides is 1. The molecule has 0 fully saturated rings. The maximum absolute atomic E-state index is 12.2. The third kappa shape index (κ3) is 4.49. The lowest BCUT2D eigenvalue weighted by Crippen LogP contribution is -2.27. The van der Waals surface area contributed by atoms with Crippen molar-refractivity contribution in [3.63, 3.8) is 0 Å². The zero-order valence-electron chi connectivity index (χ0n) is 13.9. The van der Waals surface area contributed by atoms with Crippen LogP contribution in [0.3, 0.4) is 0 Å². The van der Waals surface area contributed by atoms with E-state index in [0.29, 0.717) is 12.8 Å². The van der Waals surface area contributed by atoms with E-state index in [4.69, 9.17) is 10.5 Å². The Kier molecular flexibility index (Phi) is 5.63. The average Bonchev–Trinajstić information content (AvgIpc) is 2.54. The highest BCUT2D eigenvalue weighted by Crippen LogP contribution is 2.26. The smallest absolute Gasteiger partial charge is 0.220 e. The van der Waals surface area contributed by atoms with Crippen molar-refractivity contribution in [2.24, 2.45) is 0 Å². The number of aryl methyl sites for hydroxylation is 2. The van der Waals surface area contributed by atoms with Gasteiger partial charge in [0, 0.05) is 17.7 Å². The van der Waals surface area contributed by atoms with Crippen molar-refractivity contribution in [3.8, 4) is 5.75 Å². The Morgan fingerprint density at radius 1 is 1.26 bits per heavy atom. The minimum Gasteiger partial charge on any atom is -0.496 e. The number of ether oxygens (including phenoxy) is 1. The molecule has 122 valence electrons. The normalized spacial score (nSPS) is 11.8. The van der Waals surface area contributed by atoms with Crippen LogP contribution >= 0.6 is 0 Å². The van der Waals surface area contributed by atoms with Crippen LogP contribution in [0.15, 0.2) is 42.5 Å². The van der Waals surface area contributed by atoms with Crippen molar-refractivity contribution in [2.45, 2.75) is 32.7 Å². The SMILES string of the molecule is COc1ccc(C)cc1C(C)NC(=O)CCc1ccccc1N. The van der Waals surface area contributed by atoms with E-state index in [1.54, 1.807) is 7.11 Å². The van der Waals surface area contributed by atoms with Crippen molar-refractivity contribution < 1.29 is 9.53 Å². The zero-order chi connectivity index (χ0) is 16.8. The lowest BCUT2D eigenvalue weighted by Gasteiger charge is -2.18. The van der Waals surface area contributed by atoms with E-state index in [9.17, 15) is 4.79 Å². The maximum Gasteiger partial charge on any atom is 0.220 e. The molecule has 2 rings (SSSR count). The van der Waals surface area contributed by atoms with E-state index in [2.05, 4.69) is 5.32 Å². The van der Waals surface area contributed by atoms with Crippen molar-refractivity contribution >= 4 is 11.6 Å². The predicted molar refractivity (Wildman–Crippen MR) is 93.5 cm³/mol. The fourth-order valence-electron chi connectivity index (χ4n) is 2.59. The van der Waals surface area contributed by atoms with Crippen LogP contribution in [-0.2, 0) is 11.2 Å². The molecular formula is C19H24N2O2. The highest BCUT2D eigenvalue weighted by molar-refractivity contribution is 5.77. The van der Waals surface area contributed by atoms with Gasteiger partial charge < -0.3 is 15.8 Å². The number of methoxy groups -OCH3 is 1. The quantitative estimate of drug-likeness (QED) is 0.804. The molecule has 0 radical (unpaired) electrons. The van der Waals surface area contributed by atoms with Gasteiger partial charge in [-0.05, 0) is 38.0 Å². The van der Waals surface area contributed by atoms with Gasteiger partial charge in [0.05, 0.1) is 13.2 Å². The third-order valence-electron chi connectivity index (χ3n) is 3.91. The standard InChI is InChI=1S/C19H24N2O2/c1-13-8-10-18(23-3)16(12-13)14(2)21-19(22)11-9-15-6-4-5-7-17(15)20/h4-8,10,12,14H,9,11,20H2,1-3H3,(H,21,22). The summed E-state index contributed by atoms with van der Waals surface area (Å²) in [6.07, 6.45) is 1.04. The largest absolute Gasteiger partial charge is 0.496 e. The second-order valence-corrected chi connectivity index (χ2v) is 5.73. The van der Waals surface area contributed by atoms with Crippen molar-refractivity contribution in [1.82, 2.24) is 5.32 Å². The van der Waals surface area contributed by atoms with Gasteiger partial charge in [0.15, 0.2) is 0 Å². The van der Waals surface area contributed by atoms with Gasteiger partial charge in [-0.25, -0.2) is 0 Å². The second kappa shape index (κ2) is 7.68. The number of carbonyl (C=O) groups excluding carboxylic acids is 1. The van der Waals surface area contributed by atoms with Crippen LogP contribution in [0, 0.1) is 6.92 Å². The predicted octanol–water partition coefficient (Wildman–Crippen LogP) is 3.40. The Hall–Kier alpha value is -2.49. The number of rotatable bonds is 6. The summed E-state index contributed by atoms with van der Waals surface area (Å²) in [6.45, 7) is 3.99. The van der Waals surface area contributed by atoms with Crippen LogP contribution in [0.25, 0.3) is 0 Å². The molecule has 0 bridgehead atoms. The van der Waals surface area contributed by atoms with Crippen LogP contribution in [-0.4, -0.2) is 13.0 Å². The summed E-state index contributed by atoms with van der Waals surface area (Å²) < 4.78 is 5.38. The maximum atomic E-state index is 12.2.